The lowest BCUT2D eigenvalue weighted by atomic mass is 9.98. The number of likely N-dealkylation sites (tertiary alicyclic amines) is 1. The Hall–Kier alpha value is -1.22. The molecule has 3 nitrogen and oxygen atoms in total. The fraction of sp³-hybridized carbons (Fsp3) is 0.700. The molecule has 128 valence electrons. The van der Waals surface area contributed by atoms with Crippen molar-refractivity contribution in [3.63, 3.8) is 0 Å². The van der Waals surface area contributed by atoms with Crippen molar-refractivity contribution in [2.24, 2.45) is 0 Å². The van der Waals surface area contributed by atoms with E-state index in [1.165, 1.54) is 56.4 Å². The zero-order valence-electron chi connectivity index (χ0n) is 15.1. The SMILES string of the molecule is COc1cc(C(C)C)ccc1N1CCC(N2CCCCC2)CC1. The molecular formula is C20H32N2O. The third-order valence-corrected chi connectivity index (χ3v) is 5.58. The van der Waals surface area contributed by atoms with Gasteiger partial charge < -0.3 is 14.5 Å². The van der Waals surface area contributed by atoms with Crippen molar-refractivity contribution in [1.82, 2.24) is 4.90 Å². The van der Waals surface area contributed by atoms with Crippen LogP contribution in [-0.2, 0) is 0 Å². The fourth-order valence-electron chi connectivity index (χ4n) is 4.07. The van der Waals surface area contributed by atoms with Crippen LogP contribution >= 0.6 is 0 Å². The number of ether oxygens (including phenoxy) is 1. The molecule has 2 heterocycles. The van der Waals surface area contributed by atoms with Crippen molar-refractivity contribution in [1.29, 1.82) is 0 Å². The Labute approximate surface area is 141 Å². The van der Waals surface area contributed by atoms with Gasteiger partial charge in [0.1, 0.15) is 5.75 Å². The molecule has 0 unspecified atom stereocenters. The van der Waals surface area contributed by atoms with Crippen LogP contribution in [0.4, 0.5) is 5.69 Å². The summed E-state index contributed by atoms with van der Waals surface area (Å²) in [6.45, 7) is 9.41. The van der Waals surface area contributed by atoms with Crippen molar-refractivity contribution in [2.45, 2.75) is 57.9 Å². The van der Waals surface area contributed by atoms with Gasteiger partial charge in [0, 0.05) is 19.1 Å². The summed E-state index contributed by atoms with van der Waals surface area (Å²) in [5.41, 5.74) is 2.63. The van der Waals surface area contributed by atoms with E-state index in [9.17, 15) is 0 Å². The largest absolute Gasteiger partial charge is 0.495 e. The first kappa shape index (κ1) is 16.6. The molecule has 0 amide bonds. The molecule has 3 rings (SSSR count). The lowest BCUT2D eigenvalue weighted by Gasteiger charge is -2.41. The summed E-state index contributed by atoms with van der Waals surface area (Å²) in [5.74, 6) is 1.58. The van der Waals surface area contributed by atoms with E-state index in [0.29, 0.717) is 5.92 Å². The summed E-state index contributed by atoms with van der Waals surface area (Å²) in [6.07, 6.45) is 6.79. The Balaban J connectivity index is 1.65. The second kappa shape index (κ2) is 7.57. The molecule has 0 saturated carbocycles. The van der Waals surface area contributed by atoms with Gasteiger partial charge in [-0.1, -0.05) is 26.3 Å². The van der Waals surface area contributed by atoms with E-state index in [1.807, 2.05) is 0 Å². The zero-order chi connectivity index (χ0) is 16.2. The van der Waals surface area contributed by atoms with Crippen molar-refractivity contribution in [2.75, 3.05) is 38.2 Å². The maximum Gasteiger partial charge on any atom is 0.142 e. The monoisotopic (exact) mass is 316 g/mol. The Morgan fingerprint density at radius 3 is 2.30 bits per heavy atom. The minimum atomic E-state index is 0.544. The lowest BCUT2D eigenvalue weighted by molar-refractivity contribution is 0.141. The molecule has 0 atom stereocenters. The summed E-state index contributed by atoms with van der Waals surface area (Å²) >= 11 is 0. The number of benzene rings is 1. The van der Waals surface area contributed by atoms with Gasteiger partial charge in [0.2, 0.25) is 0 Å². The molecule has 23 heavy (non-hydrogen) atoms. The molecule has 0 radical (unpaired) electrons. The number of piperidine rings is 2. The van der Waals surface area contributed by atoms with E-state index in [-0.39, 0.29) is 0 Å². The molecule has 3 heteroatoms. The number of hydrogen-bond acceptors (Lipinski definition) is 3. The quantitative estimate of drug-likeness (QED) is 0.825. The lowest BCUT2D eigenvalue weighted by Crippen LogP contribution is -2.46. The maximum atomic E-state index is 5.68. The second-order valence-corrected chi connectivity index (χ2v) is 7.40. The Morgan fingerprint density at radius 1 is 1.00 bits per heavy atom. The number of anilines is 1. The molecule has 2 aliphatic heterocycles. The first-order valence-electron chi connectivity index (χ1n) is 9.36. The summed E-state index contributed by atoms with van der Waals surface area (Å²) in [6, 6.07) is 7.54. The topological polar surface area (TPSA) is 15.7 Å². The van der Waals surface area contributed by atoms with Crippen LogP contribution in [0.1, 0.15) is 57.4 Å². The molecule has 2 aliphatic rings. The highest BCUT2D eigenvalue weighted by Gasteiger charge is 2.26. The summed E-state index contributed by atoms with van der Waals surface area (Å²) in [4.78, 5) is 5.25. The molecular weight excluding hydrogens is 284 g/mol. The van der Waals surface area contributed by atoms with E-state index in [0.717, 1.165) is 24.9 Å². The van der Waals surface area contributed by atoms with Gasteiger partial charge in [0.25, 0.3) is 0 Å². The molecule has 0 aromatic heterocycles. The highest BCUT2D eigenvalue weighted by atomic mass is 16.5. The third kappa shape index (κ3) is 3.82. The van der Waals surface area contributed by atoms with Crippen LogP contribution < -0.4 is 9.64 Å². The molecule has 1 aromatic rings. The van der Waals surface area contributed by atoms with Gasteiger partial charge >= 0.3 is 0 Å². The van der Waals surface area contributed by atoms with E-state index >= 15 is 0 Å². The molecule has 0 spiro atoms. The smallest absolute Gasteiger partial charge is 0.142 e. The second-order valence-electron chi connectivity index (χ2n) is 7.40. The molecule has 0 bridgehead atoms. The number of rotatable bonds is 4. The highest BCUT2D eigenvalue weighted by Crippen LogP contribution is 2.34. The van der Waals surface area contributed by atoms with E-state index < -0.39 is 0 Å². The average molecular weight is 316 g/mol. The summed E-state index contributed by atoms with van der Waals surface area (Å²) in [5, 5.41) is 0. The van der Waals surface area contributed by atoms with E-state index in [4.69, 9.17) is 4.74 Å². The van der Waals surface area contributed by atoms with Crippen LogP contribution in [0.3, 0.4) is 0 Å². The predicted octanol–water partition coefficient (Wildman–Crippen LogP) is 4.27. The predicted molar refractivity (Wildman–Crippen MR) is 97.7 cm³/mol. The van der Waals surface area contributed by atoms with Gasteiger partial charge in [-0.15, -0.1) is 0 Å². The number of hydrogen-bond donors (Lipinski definition) is 0. The van der Waals surface area contributed by atoms with Crippen LogP contribution in [0.2, 0.25) is 0 Å². The van der Waals surface area contributed by atoms with E-state index in [2.05, 4.69) is 41.8 Å². The summed E-state index contributed by atoms with van der Waals surface area (Å²) < 4.78 is 5.68. The fourth-order valence-corrected chi connectivity index (χ4v) is 4.07. The van der Waals surface area contributed by atoms with E-state index in [1.54, 1.807) is 7.11 Å². The van der Waals surface area contributed by atoms with Gasteiger partial charge in [-0.3, -0.25) is 0 Å². The molecule has 0 N–H and O–H groups in total. The van der Waals surface area contributed by atoms with Crippen LogP contribution in [0.5, 0.6) is 5.75 Å². The molecule has 0 aliphatic carbocycles. The Bertz CT molecular complexity index is 500. The maximum absolute atomic E-state index is 5.68. The van der Waals surface area contributed by atoms with Crippen LogP contribution in [-0.4, -0.2) is 44.2 Å². The van der Waals surface area contributed by atoms with Gasteiger partial charge in [-0.25, -0.2) is 0 Å². The van der Waals surface area contributed by atoms with Crippen molar-refractivity contribution >= 4 is 5.69 Å². The minimum Gasteiger partial charge on any atom is -0.495 e. The minimum absolute atomic E-state index is 0.544. The van der Waals surface area contributed by atoms with Crippen molar-refractivity contribution < 1.29 is 4.74 Å². The van der Waals surface area contributed by atoms with Crippen LogP contribution in [0, 0.1) is 0 Å². The van der Waals surface area contributed by atoms with Crippen LogP contribution in [0.15, 0.2) is 18.2 Å². The number of nitrogens with zero attached hydrogens (tertiary/aromatic N) is 2. The Kier molecular flexibility index (Phi) is 5.47. The average Bonchev–Trinajstić information content (AvgIpc) is 2.62. The summed E-state index contributed by atoms with van der Waals surface area (Å²) in [7, 11) is 1.80. The van der Waals surface area contributed by atoms with Gasteiger partial charge in [0.05, 0.1) is 12.8 Å². The van der Waals surface area contributed by atoms with Gasteiger partial charge in [0.15, 0.2) is 0 Å². The zero-order valence-corrected chi connectivity index (χ0v) is 15.1. The molecule has 1 aromatic carbocycles. The first-order valence-corrected chi connectivity index (χ1v) is 9.36. The third-order valence-electron chi connectivity index (χ3n) is 5.58. The normalized spacial score (nSPS) is 21.0. The van der Waals surface area contributed by atoms with Crippen LogP contribution in [0.25, 0.3) is 0 Å². The standard InChI is InChI=1S/C20H32N2O/c1-16(2)17-7-8-19(20(15-17)23-3)22-13-9-18(10-14-22)21-11-5-4-6-12-21/h7-8,15-16,18H,4-6,9-14H2,1-3H3. The molecule has 2 fully saturated rings. The van der Waals surface area contributed by atoms with Crippen molar-refractivity contribution in [3.8, 4) is 5.75 Å². The molecule has 2 saturated heterocycles. The highest BCUT2D eigenvalue weighted by molar-refractivity contribution is 5.60. The first-order chi connectivity index (χ1) is 11.2. The van der Waals surface area contributed by atoms with Gasteiger partial charge in [-0.05, 0) is 62.4 Å². The Morgan fingerprint density at radius 2 is 1.70 bits per heavy atom. The van der Waals surface area contributed by atoms with Crippen molar-refractivity contribution in [3.05, 3.63) is 23.8 Å². The van der Waals surface area contributed by atoms with Gasteiger partial charge in [-0.2, -0.15) is 0 Å². The number of methoxy groups -OCH3 is 1.